The van der Waals surface area contributed by atoms with Gasteiger partial charge in [-0.15, -0.1) is 0 Å². The number of benzene rings is 1. The van der Waals surface area contributed by atoms with Crippen LogP contribution in [-0.2, 0) is 20.8 Å². The van der Waals surface area contributed by atoms with Crippen LogP contribution in [0.5, 0.6) is 0 Å². The summed E-state index contributed by atoms with van der Waals surface area (Å²) in [6.45, 7) is 12.1. The summed E-state index contributed by atoms with van der Waals surface area (Å²) in [4.78, 5) is 29.6. The number of hydrogen-bond acceptors (Lipinski definition) is 5. The molecule has 0 bridgehead atoms. The van der Waals surface area contributed by atoms with Crippen molar-refractivity contribution in [3.63, 3.8) is 0 Å². The third-order valence-electron chi connectivity index (χ3n) is 7.47. The Labute approximate surface area is 209 Å². The van der Waals surface area contributed by atoms with E-state index in [2.05, 4.69) is 42.8 Å². The monoisotopic (exact) mass is 483 g/mol. The molecule has 1 atom stereocenters. The summed E-state index contributed by atoms with van der Waals surface area (Å²) in [5.74, 6) is 0.238. The largest absolute Gasteiger partial charge is 0.372 e. The lowest BCUT2D eigenvalue weighted by atomic mass is 9.95. The first-order chi connectivity index (χ1) is 17.0. The predicted molar refractivity (Wildman–Crippen MR) is 137 cm³/mol. The zero-order valence-electron chi connectivity index (χ0n) is 21.4. The Morgan fingerprint density at radius 2 is 1.74 bits per heavy atom. The molecule has 0 saturated carbocycles. The fourth-order valence-electron chi connectivity index (χ4n) is 5.28. The Morgan fingerprint density at radius 1 is 1.06 bits per heavy atom. The number of amides is 2. The fraction of sp³-hybridized carbons (Fsp3) is 0.643. The second-order valence-corrected chi connectivity index (χ2v) is 10.1. The van der Waals surface area contributed by atoms with Gasteiger partial charge in [0.1, 0.15) is 6.04 Å². The Hall–Kier alpha value is -2.38. The number of nitrogens with one attached hydrogen (secondary N) is 1. The smallest absolute Gasteiger partial charge is 0.255 e. The van der Waals surface area contributed by atoms with Gasteiger partial charge in [0.2, 0.25) is 5.91 Å². The van der Waals surface area contributed by atoms with Crippen molar-refractivity contribution in [1.82, 2.24) is 10.2 Å². The van der Waals surface area contributed by atoms with Gasteiger partial charge in [-0.25, -0.2) is 0 Å². The minimum absolute atomic E-state index is 0.0470. The quantitative estimate of drug-likeness (QED) is 0.368. The predicted octanol–water partition coefficient (Wildman–Crippen LogP) is 4.61. The van der Waals surface area contributed by atoms with Crippen molar-refractivity contribution in [2.45, 2.75) is 84.1 Å². The van der Waals surface area contributed by atoms with Crippen LogP contribution in [0, 0.1) is 5.92 Å². The second kappa shape index (κ2) is 12.0. The molecule has 7 nitrogen and oxygen atoms in total. The molecular weight excluding hydrogens is 442 g/mol. The van der Waals surface area contributed by atoms with E-state index >= 15 is 0 Å². The number of rotatable bonds is 11. The number of anilines is 1. The van der Waals surface area contributed by atoms with Gasteiger partial charge < -0.3 is 24.6 Å². The third kappa shape index (κ3) is 6.07. The van der Waals surface area contributed by atoms with E-state index in [1.807, 2.05) is 6.07 Å². The van der Waals surface area contributed by atoms with Gasteiger partial charge in [0.05, 0.1) is 0 Å². The van der Waals surface area contributed by atoms with Crippen molar-refractivity contribution in [1.29, 1.82) is 0 Å². The molecule has 3 heterocycles. The van der Waals surface area contributed by atoms with Crippen LogP contribution in [0.15, 0.2) is 30.5 Å². The van der Waals surface area contributed by atoms with Gasteiger partial charge >= 0.3 is 0 Å². The molecule has 2 saturated heterocycles. The van der Waals surface area contributed by atoms with Crippen LogP contribution in [0.25, 0.3) is 0 Å². The number of carbonyl (C=O) groups is 2. The Balaban J connectivity index is 1.36. The Bertz CT molecular complexity index is 899. The van der Waals surface area contributed by atoms with E-state index in [0.29, 0.717) is 25.3 Å². The number of piperidine rings is 2. The zero-order valence-corrected chi connectivity index (χ0v) is 21.4. The SMILES string of the molecule is C=C1CCC(N2Cc3cc(N4CCC(C(OCCCC)OCCCC)CC4)ccc3C2=O)C(=O)N1. The van der Waals surface area contributed by atoms with E-state index in [1.165, 1.54) is 0 Å². The van der Waals surface area contributed by atoms with Crippen LogP contribution in [0.2, 0.25) is 0 Å². The molecule has 1 aromatic rings. The summed E-state index contributed by atoms with van der Waals surface area (Å²) in [6.07, 6.45) is 7.66. The maximum absolute atomic E-state index is 13.0. The number of nitrogens with zero attached hydrogens (tertiary/aromatic N) is 2. The highest BCUT2D eigenvalue weighted by Gasteiger charge is 2.38. The summed E-state index contributed by atoms with van der Waals surface area (Å²) in [5.41, 5.74) is 3.61. The topological polar surface area (TPSA) is 71.1 Å². The van der Waals surface area contributed by atoms with Gasteiger partial charge in [-0.1, -0.05) is 33.3 Å². The maximum atomic E-state index is 13.0. The average Bonchev–Trinajstić information content (AvgIpc) is 3.19. The second-order valence-electron chi connectivity index (χ2n) is 10.1. The number of fused-ring (bicyclic) bond motifs is 1. The molecular formula is C28H41N3O4. The highest BCUT2D eigenvalue weighted by molar-refractivity contribution is 6.01. The molecule has 0 aliphatic carbocycles. The molecule has 3 aliphatic heterocycles. The van der Waals surface area contributed by atoms with Crippen LogP contribution >= 0.6 is 0 Å². The highest BCUT2D eigenvalue weighted by atomic mass is 16.7. The summed E-state index contributed by atoms with van der Waals surface area (Å²) >= 11 is 0. The lowest BCUT2D eigenvalue weighted by Crippen LogP contribution is -2.49. The number of ether oxygens (including phenoxy) is 2. The van der Waals surface area contributed by atoms with E-state index in [9.17, 15) is 9.59 Å². The normalized spacial score (nSPS) is 21.1. The average molecular weight is 484 g/mol. The van der Waals surface area contributed by atoms with Crippen molar-refractivity contribution in [2.75, 3.05) is 31.2 Å². The van der Waals surface area contributed by atoms with Gasteiger partial charge in [0, 0.05) is 55.7 Å². The molecule has 4 rings (SSSR count). The van der Waals surface area contributed by atoms with Crippen LogP contribution < -0.4 is 10.2 Å². The van der Waals surface area contributed by atoms with Crippen LogP contribution in [0.1, 0.15) is 81.1 Å². The molecule has 2 fully saturated rings. The number of unbranched alkanes of at least 4 members (excludes halogenated alkanes) is 2. The van der Waals surface area contributed by atoms with Crippen LogP contribution in [-0.4, -0.2) is 55.3 Å². The van der Waals surface area contributed by atoms with E-state index < -0.39 is 6.04 Å². The van der Waals surface area contributed by atoms with Gasteiger partial charge in [-0.3, -0.25) is 9.59 Å². The van der Waals surface area contributed by atoms with Crippen molar-refractivity contribution < 1.29 is 19.1 Å². The van der Waals surface area contributed by atoms with Crippen molar-refractivity contribution >= 4 is 17.5 Å². The molecule has 7 heteroatoms. The Kier molecular flexibility index (Phi) is 8.84. The van der Waals surface area contributed by atoms with Crippen molar-refractivity contribution in [3.05, 3.63) is 41.6 Å². The lowest BCUT2D eigenvalue weighted by molar-refractivity contribution is -0.177. The third-order valence-corrected chi connectivity index (χ3v) is 7.47. The standard InChI is InChI=1S/C28H41N3O4/c1-4-6-16-34-28(35-17-7-5-2)21-12-14-30(15-13-21)23-9-10-24-22(18-23)19-31(27(24)33)25-11-8-20(3)29-26(25)32/h9-10,18,21,25,28H,3-8,11-17,19H2,1-2H3,(H,29,32). The van der Waals surface area contributed by atoms with Gasteiger partial charge in [0.15, 0.2) is 6.29 Å². The molecule has 1 N–H and O–H groups in total. The first-order valence-corrected chi connectivity index (χ1v) is 13.4. The Morgan fingerprint density at radius 3 is 2.37 bits per heavy atom. The van der Waals surface area contributed by atoms with Crippen molar-refractivity contribution in [3.8, 4) is 0 Å². The fourth-order valence-corrected chi connectivity index (χ4v) is 5.28. The van der Waals surface area contributed by atoms with Gasteiger partial charge in [-0.2, -0.15) is 0 Å². The molecule has 1 aromatic carbocycles. The van der Waals surface area contributed by atoms with Crippen LogP contribution in [0.4, 0.5) is 5.69 Å². The lowest BCUT2D eigenvalue weighted by Gasteiger charge is -2.37. The van der Waals surface area contributed by atoms with Gasteiger partial charge in [0.25, 0.3) is 5.91 Å². The molecule has 0 radical (unpaired) electrons. The number of hydrogen-bond donors (Lipinski definition) is 1. The van der Waals surface area contributed by atoms with Gasteiger partial charge in [-0.05, 0) is 62.3 Å². The zero-order chi connectivity index (χ0) is 24.8. The highest BCUT2D eigenvalue weighted by Crippen LogP contribution is 2.33. The summed E-state index contributed by atoms with van der Waals surface area (Å²) in [6, 6.07) is 5.71. The van der Waals surface area contributed by atoms with Crippen molar-refractivity contribution in [2.24, 2.45) is 5.92 Å². The molecule has 0 aromatic heterocycles. The maximum Gasteiger partial charge on any atom is 0.255 e. The minimum Gasteiger partial charge on any atom is -0.372 e. The molecule has 35 heavy (non-hydrogen) atoms. The first-order valence-electron chi connectivity index (χ1n) is 13.4. The molecule has 3 aliphatic rings. The van der Waals surface area contributed by atoms with Crippen LogP contribution in [0.3, 0.4) is 0 Å². The molecule has 1 unspecified atom stereocenters. The van der Waals surface area contributed by atoms with E-state index in [4.69, 9.17) is 9.47 Å². The van der Waals surface area contributed by atoms with E-state index in [0.717, 1.165) is 87.3 Å². The summed E-state index contributed by atoms with van der Waals surface area (Å²) in [5, 5.41) is 2.81. The molecule has 0 spiro atoms. The van der Waals surface area contributed by atoms with E-state index in [1.54, 1.807) is 4.90 Å². The molecule has 2 amide bonds. The minimum atomic E-state index is -0.419. The van der Waals surface area contributed by atoms with E-state index in [-0.39, 0.29) is 18.1 Å². The number of allylic oxidation sites excluding steroid dienone is 1. The first kappa shape index (κ1) is 25.7. The summed E-state index contributed by atoms with van der Waals surface area (Å²) in [7, 11) is 0. The summed E-state index contributed by atoms with van der Waals surface area (Å²) < 4.78 is 12.3. The number of carbonyl (C=O) groups excluding carboxylic acids is 2. The molecule has 192 valence electrons.